The van der Waals surface area contributed by atoms with Gasteiger partial charge in [0.2, 0.25) is 0 Å². The van der Waals surface area contributed by atoms with Crippen molar-refractivity contribution in [1.29, 1.82) is 0 Å². The predicted molar refractivity (Wildman–Crippen MR) is 112 cm³/mol. The Bertz CT molecular complexity index is 697. The van der Waals surface area contributed by atoms with Crippen LogP contribution < -0.4 is 10.1 Å². The first kappa shape index (κ1) is 26.5. The van der Waals surface area contributed by atoms with Gasteiger partial charge in [-0.3, -0.25) is 4.90 Å². The van der Waals surface area contributed by atoms with E-state index in [4.69, 9.17) is 4.74 Å². The minimum Gasteiger partial charge on any atom is -0.484 e. The van der Waals surface area contributed by atoms with E-state index in [-0.39, 0.29) is 30.9 Å². The zero-order chi connectivity index (χ0) is 19.2. The summed E-state index contributed by atoms with van der Waals surface area (Å²) < 4.78 is 43.8. The number of benzene rings is 2. The summed E-state index contributed by atoms with van der Waals surface area (Å²) in [4.78, 5) is 2.26. The van der Waals surface area contributed by atoms with Crippen molar-refractivity contribution in [2.45, 2.75) is 25.7 Å². The number of halogens is 5. The summed E-state index contributed by atoms with van der Waals surface area (Å²) in [5.41, 5.74) is 1.65. The Hall–Kier alpha value is -1.47. The molecule has 0 amide bonds. The highest BCUT2D eigenvalue weighted by Gasteiger charge is 2.30. The Balaban J connectivity index is 0.00000137. The van der Waals surface area contributed by atoms with Crippen molar-refractivity contribution < 1.29 is 17.9 Å². The second-order valence-electron chi connectivity index (χ2n) is 6.16. The second-order valence-corrected chi connectivity index (χ2v) is 6.16. The van der Waals surface area contributed by atoms with Crippen LogP contribution in [0, 0.1) is 0 Å². The average Bonchev–Trinajstić information content (AvgIpc) is 2.62. The van der Waals surface area contributed by atoms with Gasteiger partial charge in [-0.2, -0.15) is 13.2 Å². The number of hydrogen-bond donors (Lipinski definition) is 1. The average molecular weight is 439 g/mol. The predicted octanol–water partition coefficient (Wildman–Crippen LogP) is 5.34. The smallest absolute Gasteiger partial charge is 0.416 e. The molecule has 1 N–H and O–H groups in total. The molecule has 1 heterocycles. The quantitative estimate of drug-likeness (QED) is 0.699. The lowest BCUT2D eigenvalue weighted by atomic mass is 9.97. The molecule has 0 bridgehead atoms. The molecule has 3 rings (SSSR count). The van der Waals surface area contributed by atoms with Crippen LogP contribution in [-0.4, -0.2) is 32.1 Å². The molecule has 1 aliphatic rings. The summed E-state index contributed by atoms with van der Waals surface area (Å²) in [5, 5.41) is 2.75. The molecule has 1 unspecified atom stereocenters. The van der Waals surface area contributed by atoms with Gasteiger partial charge in [-0.1, -0.05) is 31.2 Å². The first-order valence-corrected chi connectivity index (χ1v) is 8.61. The molecule has 2 aromatic rings. The summed E-state index contributed by atoms with van der Waals surface area (Å²) in [6.07, 6.45) is -4.49. The Kier molecular flexibility index (Phi) is 11.5. The number of alkyl halides is 3. The number of ether oxygens (including phenoxy) is 1. The van der Waals surface area contributed by atoms with Crippen molar-refractivity contribution in [2.24, 2.45) is 0 Å². The fraction of sp³-hybridized carbons (Fsp3) is 0.400. The zero-order valence-electron chi connectivity index (χ0n) is 16.1. The van der Waals surface area contributed by atoms with Crippen LogP contribution in [-0.2, 0) is 12.7 Å². The van der Waals surface area contributed by atoms with E-state index in [1.54, 1.807) is 0 Å². The van der Waals surface area contributed by atoms with Crippen LogP contribution in [0.5, 0.6) is 5.75 Å². The normalized spacial score (nSPS) is 15.9. The zero-order valence-corrected chi connectivity index (χ0v) is 17.8. The van der Waals surface area contributed by atoms with Gasteiger partial charge in [0, 0.05) is 13.1 Å². The fourth-order valence-electron chi connectivity index (χ4n) is 2.86. The lowest BCUT2D eigenvalue weighted by Crippen LogP contribution is -2.35. The molecular weight excluding hydrogens is 412 g/mol. The molecule has 1 atom stereocenters. The molecule has 1 aliphatic heterocycles. The molecule has 28 heavy (non-hydrogen) atoms. The molecule has 8 heteroatoms. The van der Waals surface area contributed by atoms with Crippen LogP contribution in [0.25, 0.3) is 0 Å². The summed E-state index contributed by atoms with van der Waals surface area (Å²) in [6, 6.07) is 12.9. The number of nitrogens with one attached hydrogen (secondary N) is 1. The molecule has 0 radical (unpaired) electrons. The molecular formula is C20H27Cl2F3N2O. The first-order valence-electron chi connectivity index (χ1n) is 8.61. The maximum atomic E-state index is 12.6. The molecule has 0 aliphatic carbocycles. The summed E-state index contributed by atoms with van der Waals surface area (Å²) in [5.74, 6) is 0.454. The standard InChI is InChI=1S/C18H18F3NO.C2H7N.2ClH/c1-2-22-11-13-5-3-4-6-16(13)17(12-22)23-15-9-7-14(8-10-15)18(19,20)21;1-3-2;;/h3-10,17H,2,11-12H2,1H3;3H,1-2H3;2*1H. The van der Waals surface area contributed by atoms with Crippen LogP contribution >= 0.6 is 24.8 Å². The Morgan fingerprint density at radius 2 is 1.61 bits per heavy atom. The molecule has 0 aromatic heterocycles. The molecule has 158 valence electrons. The highest BCUT2D eigenvalue weighted by molar-refractivity contribution is 5.85. The topological polar surface area (TPSA) is 24.5 Å². The minimum atomic E-state index is -4.32. The fourth-order valence-corrected chi connectivity index (χ4v) is 2.86. The lowest BCUT2D eigenvalue weighted by Gasteiger charge is -2.34. The van der Waals surface area contributed by atoms with Crippen LogP contribution in [0.4, 0.5) is 13.2 Å². The van der Waals surface area contributed by atoms with E-state index in [1.807, 2.05) is 32.3 Å². The molecule has 0 saturated carbocycles. The van der Waals surface area contributed by atoms with E-state index in [1.165, 1.54) is 17.7 Å². The highest BCUT2D eigenvalue weighted by atomic mass is 35.5. The number of rotatable bonds is 3. The Morgan fingerprint density at radius 1 is 1.04 bits per heavy atom. The van der Waals surface area contributed by atoms with Gasteiger partial charge in [-0.05, 0) is 56.0 Å². The lowest BCUT2D eigenvalue weighted by molar-refractivity contribution is -0.137. The van der Waals surface area contributed by atoms with E-state index in [2.05, 4.69) is 23.2 Å². The van der Waals surface area contributed by atoms with Crippen molar-refractivity contribution in [3.63, 3.8) is 0 Å². The Labute approximate surface area is 177 Å². The second kappa shape index (κ2) is 12.2. The van der Waals surface area contributed by atoms with Crippen molar-refractivity contribution in [3.8, 4) is 5.75 Å². The largest absolute Gasteiger partial charge is 0.484 e. The van der Waals surface area contributed by atoms with Gasteiger partial charge < -0.3 is 10.1 Å². The monoisotopic (exact) mass is 438 g/mol. The molecule has 0 saturated heterocycles. The van der Waals surface area contributed by atoms with Crippen molar-refractivity contribution in [2.75, 3.05) is 27.2 Å². The SMILES string of the molecule is CCN1Cc2ccccc2C(Oc2ccc(C(F)(F)F)cc2)C1.CNC.Cl.Cl. The van der Waals surface area contributed by atoms with E-state index in [0.717, 1.165) is 37.3 Å². The maximum absolute atomic E-state index is 12.6. The number of fused-ring (bicyclic) bond motifs is 1. The van der Waals surface area contributed by atoms with Crippen LogP contribution in [0.2, 0.25) is 0 Å². The summed E-state index contributed by atoms with van der Waals surface area (Å²) >= 11 is 0. The van der Waals surface area contributed by atoms with Gasteiger partial charge in [-0.25, -0.2) is 0 Å². The maximum Gasteiger partial charge on any atom is 0.416 e. The van der Waals surface area contributed by atoms with E-state index in [9.17, 15) is 13.2 Å². The number of likely N-dealkylation sites (N-methyl/N-ethyl adjacent to an activating group) is 1. The van der Waals surface area contributed by atoms with Gasteiger partial charge in [0.25, 0.3) is 0 Å². The molecule has 0 fully saturated rings. The molecule has 3 nitrogen and oxygen atoms in total. The van der Waals surface area contributed by atoms with Gasteiger partial charge in [0.1, 0.15) is 11.9 Å². The number of hydrogen-bond acceptors (Lipinski definition) is 3. The van der Waals surface area contributed by atoms with Crippen molar-refractivity contribution in [3.05, 3.63) is 65.2 Å². The third-order valence-corrected chi connectivity index (χ3v) is 4.13. The molecule has 0 spiro atoms. The first-order chi connectivity index (χ1) is 12.4. The third-order valence-electron chi connectivity index (χ3n) is 4.13. The third kappa shape index (κ3) is 7.17. The Morgan fingerprint density at radius 3 is 2.14 bits per heavy atom. The van der Waals surface area contributed by atoms with Gasteiger partial charge in [0.15, 0.2) is 0 Å². The van der Waals surface area contributed by atoms with Crippen LogP contribution in [0.15, 0.2) is 48.5 Å². The number of nitrogens with zero attached hydrogens (tertiary/aromatic N) is 1. The van der Waals surface area contributed by atoms with Crippen LogP contribution in [0.1, 0.15) is 29.7 Å². The summed E-state index contributed by atoms with van der Waals surface area (Å²) in [7, 11) is 3.75. The van der Waals surface area contributed by atoms with Gasteiger partial charge in [0.05, 0.1) is 5.56 Å². The minimum absolute atomic E-state index is 0. The van der Waals surface area contributed by atoms with Gasteiger partial charge >= 0.3 is 6.18 Å². The highest BCUT2D eigenvalue weighted by Crippen LogP contribution is 2.33. The van der Waals surface area contributed by atoms with Crippen molar-refractivity contribution in [1.82, 2.24) is 10.2 Å². The van der Waals surface area contributed by atoms with Crippen LogP contribution in [0.3, 0.4) is 0 Å². The summed E-state index contributed by atoms with van der Waals surface area (Å²) in [6.45, 7) is 4.60. The van der Waals surface area contributed by atoms with E-state index in [0.29, 0.717) is 5.75 Å². The molecule has 2 aromatic carbocycles. The van der Waals surface area contributed by atoms with E-state index < -0.39 is 11.7 Å². The van der Waals surface area contributed by atoms with E-state index >= 15 is 0 Å². The van der Waals surface area contributed by atoms with Crippen molar-refractivity contribution >= 4 is 24.8 Å². The van der Waals surface area contributed by atoms with Gasteiger partial charge in [-0.15, -0.1) is 24.8 Å².